The number of likely N-dealkylation sites (N-methyl/N-ethyl adjacent to an activating group) is 1. The first-order valence-electron chi connectivity index (χ1n) is 6.82. The normalized spacial score (nSPS) is 13.0. The van der Waals surface area contributed by atoms with E-state index in [2.05, 4.69) is 15.9 Å². The summed E-state index contributed by atoms with van der Waals surface area (Å²) < 4.78 is 26.9. The van der Waals surface area contributed by atoms with Gasteiger partial charge in [-0.3, -0.25) is 4.79 Å². The third-order valence-corrected chi connectivity index (χ3v) is 5.84. The van der Waals surface area contributed by atoms with Gasteiger partial charge in [0.25, 0.3) is 0 Å². The van der Waals surface area contributed by atoms with Gasteiger partial charge in [0.15, 0.2) is 0 Å². The summed E-state index contributed by atoms with van der Waals surface area (Å²) in [5.41, 5.74) is 0.738. The third kappa shape index (κ3) is 4.19. The van der Waals surface area contributed by atoms with Crippen molar-refractivity contribution in [2.75, 3.05) is 7.05 Å². The molecule has 1 N–H and O–H groups in total. The number of carbonyl (C=O) groups is 1. The molecule has 0 amide bonds. The van der Waals surface area contributed by atoms with Crippen molar-refractivity contribution in [2.24, 2.45) is 0 Å². The van der Waals surface area contributed by atoms with E-state index in [9.17, 15) is 18.3 Å². The van der Waals surface area contributed by atoms with Crippen molar-refractivity contribution in [3.05, 3.63) is 64.6 Å². The van der Waals surface area contributed by atoms with E-state index >= 15 is 0 Å². The summed E-state index contributed by atoms with van der Waals surface area (Å²) in [4.78, 5) is 11.7. The van der Waals surface area contributed by atoms with Gasteiger partial charge in [0.1, 0.15) is 6.04 Å². The molecule has 2 aromatic carbocycles. The molecule has 2 aromatic rings. The lowest BCUT2D eigenvalue weighted by Crippen LogP contribution is -2.43. The Kier molecular flexibility index (Phi) is 5.56. The van der Waals surface area contributed by atoms with Gasteiger partial charge in [-0.05, 0) is 36.2 Å². The van der Waals surface area contributed by atoms with Gasteiger partial charge in [-0.2, -0.15) is 4.31 Å². The highest BCUT2D eigenvalue weighted by atomic mass is 79.9. The van der Waals surface area contributed by atoms with E-state index in [1.807, 2.05) is 6.07 Å². The maximum atomic E-state index is 12.6. The van der Waals surface area contributed by atoms with E-state index < -0.39 is 22.0 Å². The van der Waals surface area contributed by atoms with Crippen LogP contribution in [0, 0.1) is 0 Å². The molecule has 0 aliphatic heterocycles. The molecule has 0 saturated heterocycles. The summed E-state index contributed by atoms with van der Waals surface area (Å²) in [5, 5.41) is 9.47. The Morgan fingerprint density at radius 3 is 2.39 bits per heavy atom. The Hall–Kier alpha value is -1.70. The molecule has 7 heteroatoms. The molecule has 0 heterocycles. The minimum Gasteiger partial charge on any atom is -0.480 e. The van der Waals surface area contributed by atoms with E-state index in [-0.39, 0.29) is 11.3 Å². The zero-order valence-corrected chi connectivity index (χ0v) is 14.8. The molecule has 5 nitrogen and oxygen atoms in total. The minimum absolute atomic E-state index is 0.0722. The summed E-state index contributed by atoms with van der Waals surface area (Å²) in [6.45, 7) is 0. The highest BCUT2D eigenvalue weighted by Gasteiger charge is 2.32. The summed E-state index contributed by atoms with van der Waals surface area (Å²) in [7, 11) is -2.58. The Labute approximate surface area is 143 Å². The molecule has 0 fully saturated rings. The summed E-state index contributed by atoms with van der Waals surface area (Å²) in [5.74, 6) is -1.19. The van der Waals surface area contributed by atoms with Gasteiger partial charge in [0.05, 0.1) is 4.90 Å². The topological polar surface area (TPSA) is 74.7 Å². The van der Waals surface area contributed by atoms with Crippen molar-refractivity contribution in [1.82, 2.24) is 4.31 Å². The molecular formula is C16H16BrNO4S. The predicted molar refractivity (Wildman–Crippen MR) is 90.7 cm³/mol. The van der Waals surface area contributed by atoms with Gasteiger partial charge in [-0.1, -0.05) is 46.3 Å². The van der Waals surface area contributed by atoms with Crippen LogP contribution in [-0.4, -0.2) is 36.9 Å². The number of rotatable bonds is 6. The molecule has 0 spiro atoms. The minimum atomic E-state index is -3.87. The van der Waals surface area contributed by atoms with E-state index in [0.717, 1.165) is 14.3 Å². The second kappa shape index (κ2) is 7.25. The van der Waals surface area contributed by atoms with Crippen LogP contribution in [0.2, 0.25) is 0 Å². The average Bonchev–Trinajstić information content (AvgIpc) is 2.52. The number of carboxylic acids is 1. The van der Waals surface area contributed by atoms with Crippen LogP contribution in [0.25, 0.3) is 0 Å². The van der Waals surface area contributed by atoms with Crippen LogP contribution in [0.1, 0.15) is 5.56 Å². The highest BCUT2D eigenvalue weighted by Crippen LogP contribution is 2.20. The molecule has 2 rings (SSSR count). The lowest BCUT2D eigenvalue weighted by Gasteiger charge is -2.24. The second-order valence-corrected chi connectivity index (χ2v) is 7.94. The van der Waals surface area contributed by atoms with E-state index in [4.69, 9.17) is 0 Å². The average molecular weight is 398 g/mol. The number of hydrogen-bond acceptors (Lipinski definition) is 3. The van der Waals surface area contributed by atoms with Crippen LogP contribution in [0.5, 0.6) is 0 Å². The van der Waals surface area contributed by atoms with Crippen molar-refractivity contribution >= 4 is 31.9 Å². The van der Waals surface area contributed by atoms with Gasteiger partial charge in [0.2, 0.25) is 10.0 Å². The molecule has 0 radical (unpaired) electrons. The molecule has 23 heavy (non-hydrogen) atoms. The second-order valence-electron chi connectivity index (χ2n) is 5.02. The molecule has 1 atom stereocenters. The standard InChI is InChI=1S/C16H16BrNO4S/c1-18(23(21,22)14-8-3-2-4-9-14)15(16(19)20)11-12-6-5-7-13(17)10-12/h2-10,15H,11H2,1H3,(H,19,20). The van der Waals surface area contributed by atoms with Gasteiger partial charge in [0, 0.05) is 11.5 Å². The summed E-state index contributed by atoms with van der Waals surface area (Å²) in [6, 6.07) is 13.8. The van der Waals surface area contributed by atoms with Crippen LogP contribution in [-0.2, 0) is 21.2 Å². The number of hydrogen-bond donors (Lipinski definition) is 1. The largest absolute Gasteiger partial charge is 0.480 e. The van der Waals surface area contributed by atoms with Crippen LogP contribution in [0.3, 0.4) is 0 Å². The Morgan fingerprint density at radius 1 is 1.17 bits per heavy atom. The molecule has 0 aromatic heterocycles. The van der Waals surface area contributed by atoms with Crippen LogP contribution in [0.4, 0.5) is 0 Å². The Balaban J connectivity index is 2.32. The summed E-state index contributed by atoms with van der Waals surface area (Å²) >= 11 is 3.32. The number of sulfonamides is 1. The van der Waals surface area contributed by atoms with Crippen molar-refractivity contribution < 1.29 is 18.3 Å². The first kappa shape index (κ1) is 17.7. The van der Waals surface area contributed by atoms with Gasteiger partial charge >= 0.3 is 5.97 Å². The number of benzene rings is 2. The first-order valence-corrected chi connectivity index (χ1v) is 9.06. The molecule has 1 unspecified atom stereocenters. The van der Waals surface area contributed by atoms with Crippen molar-refractivity contribution in [3.63, 3.8) is 0 Å². The fourth-order valence-corrected chi connectivity index (χ4v) is 3.96. The SMILES string of the molecule is CN(C(Cc1cccc(Br)c1)C(=O)O)S(=O)(=O)c1ccccc1. The molecule has 122 valence electrons. The van der Waals surface area contributed by atoms with Crippen LogP contribution in [0.15, 0.2) is 64.0 Å². The van der Waals surface area contributed by atoms with E-state index in [0.29, 0.717) is 0 Å². The highest BCUT2D eigenvalue weighted by molar-refractivity contribution is 9.10. The number of aliphatic carboxylic acids is 1. The third-order valence-electron chi connectivity index (χ3n) is 3.46. The van der Waals surface area contributed by atoms with Gasteiger partial charge in [-0.25, -0.2) is 8.42 Å². The Morgan fingerprint density at radius 2 is 1.83 bits per heavy atom. The maximum absolute atomic E-state index is 12.6. The first-order chi connectivity index (χ1) is 10.8. The van der Waals surface area contributed by atoms with Crippen molar-refractivity contribution in [1.29, 1.82) is 0 Å². The van der Waals surface area contributed by atoms with Gasteiger partial charge < -0.3 is 5.11 Å². The molecule has 0 saturated carbocycles. The molecule has 0 aliphatic carbocycles. The number of carboxylic acid groups (broad SMARTS) is 1. The van der Waals surface area contributed by atoms with Crippen LogP contribution >= 0.6 is 15.9 Å². The fraction of sp³-hybridized carbons (Fsp3) is 0.188. The molecule has 0 aliphatic rings. The molecular weight excluding hydrogens is 382 g/mol. The smallest absolute Gasteiger partial charge is 0.322 e. The maximum Gasteiger partial charge on any atom is 0.322 e. The lowest BCUT2D eigenvalue weighted by molar-refractivity contribution is -0.141. The van der Waals surface area contributed by atoms with Crippen LogP contribution < -0.4 is 0 Å². The van der Waals surface area contributed by atoms with Gasteiger partial charge in [-0.15, -0.1) is 0 Å². The van der Waals surface area contributed by atoms with E-state index in [1.54, 1.807) is 36.4 Å². The Bertz CT molecular complexity index is 793. The monoisotopic (exact) mass is 397 g/mol. The van der Waals surface area contributed by atoms with Crippen molar-refractivity contribution in [2.45, 2.75) is 17.4 Å². The summed E-state index contributed by atoms with van der Waals surface area (Å²) in [6.07, 6.45) is 0.0807. The zero-order valence-electron chi connectivity index (χ0n) is 12.4. The van der Waals surface area contributed by atoms with Crippen molar-refractivity contribution in [3.8, 4) is 0 Å². The molecule has 0 bridgehead atoms. The van der Waals surface area contributed by atoms with E-state index in [1.165, 1.54) is 19.2 Å². The lowest BCUT2D eigenvalue weighted by atomic mass is 10.1. The quantitative estimate of drug-likeness (QED) is 0.812. The number of nitrogens with zero attached hydrogens (tertiary/aromatic N) is 1. The number of halogens is 1. The predicted octanol–water partition coefficient (Wildman–Crippen LogP) is 2.77. The fourth-order valence-electron chi connectivity index (χ4n) is 2.18. The zero-order chi connectivity index (χ0) is 17.0.